The highest BCUT2D eigenvalue weighted by molar-refractivity contribution is 8.68. The highest BCUT2D eigenvalue weighted by atomic mass is 32.9. The quantitative estimate of drug-likeness (QED) is 0.357. The molecule has 0 radical (unpaired) electrons. The first kappa shape index (κ1) is 26.0. The molecule has 0 spiro atoms. The smallest absolute Gasteiger partial charge is 0.253 e. The molecule has 1 amide bonds. The number of hydrogen-bond acceptors (Lipinski definition) is 6. The van der Waals surface area contributed by atoms with Crippen molar-refractivity contribution in [3.05, 3.63) is 35.4 Å². The van der Waals surface area contributed by atoms with Gasteiger partial charge in [0.25, 0.3) is 5.91 Å². The van der Waals surface area contributed by atoms with E-state index in [-0.39, 0.29) is 5.91 Å². The number of hydrogen-bond donors (Lipinski definition) is 0. The summed E-state index contributed by atoms with van der Waals surface area (Å²) < 4.78 is 10.2. The Morgan fingerprint density at radius 2 is 1.77 bits per heavy atom. The second-order valence-corrected chi connectivity index (χ2v) is 13.2. The number of carbonyl (C=O) groups excluding carboxylic acids is 1. The van der Waals surface area contributed by atoms with Gasteiger partial charge in [-0.2, -0.15) is 11.8 Å². The van der Waals surface area contributed by atoms with Gasteiger partial charge in [-0.1, -0.05) is 36.0 Å². The van der Waals surface area contributed by atoms with E-state index in [1.54, 1.807) is 25.6 Å². The number of benzene rings is 1. The van der Waals surface area contributed by atoms with Crippen LogP contribution in [0.15, 0.2) is 24.3 Å². The molecule has 0 N–H and O–H groups in total. The van der Waals surface area contributed by atoms with E-state index in [9.17, 15) is 4.79 Å². The monoisotopic (exact) mass is 437 g/mol. The van der Waals surface area contributed by atoms with Crippen molar-refractivity contribution >= 4 is 46.6 Å². The minimum absolute atomic E-state index is 0.124. The Balaban J connectivity index is 0.000000488. The van der Waals surface area contributed by atoms with Crippen LogP contribution < -0.4 is 0 Å². The van der Waals surface area contributed by atoms with E-state index in [0.717, 1.165) is 41.5 Å². The Morgan fingerprint density at radius 1 is 1.15 bits per heavy atom. The van der Waals surface area contributed by atoms with E-state index < -0.39 is 5.69 Å². The van der Waals surface area contributed by atoms with Gasteiger partial charge in [0.1, 0.15) is 0 Å². The topological polar surface area (TPSA) is 38.8 Å². The van der Waals surface area contributed by atoms with Crippen LogP contribution in [0.2, 0.25) is 0 Å². The van der Waals surface area contributed by atoms with E-state index >= 15 is 0 Å². The first-order valence-electron chi connectivity index (χ1n) is 8.67. The van der Waals surface area contributed by atoms with Crippen molar-refractivity contribution in [2.45, 2.75) is 27.7 Å². The molecule has 0 aliphatic heterocycles. The van der Waals surface area contributed by atoms with Crippen molar-refractivity contribution in [3.8, 4) is 0 Å². The molecule has 0 saturated carbocycles. The zero-order chi connectivity index (χ0) is 20.0. The third-order valence-corrected chi connectivity index (χ3v) is 10.4. The van der Waals surface area contributed by atoms with E-state index in [0.29, 0.717) is 0 Å². The van der Waals surface area contributed by atoms with Gasteiger partial charge in [0, 0.05) is 44.4 Å². The summed E-state index contributed by atoms with van der Waals surface area (Å²) in [6.45, 7) is 9.68. The molecule has 0 bridgehead atoms. The second-order valence-electron chi connectivity index (χ2n) is 5.19. The van der Waals surface area contributed by atoms with Gasteiger partial charge in [-0.05, 0) is 50.5 Å². The third kappa shape index (κ3) is 10.3. The minimum atomic E-state index is -1.98. The summed E-state index contributed by atoms with van der Waals surface area (Å²) in [7, 11) is 3.23. The Kier molecular flexibility index (Phi) is 14.9. The number of aryl methyl sites for hydroxylation is 1. The lowest BCUT2D eigenvalue weighted by atomic mass is 10.1. The number of thioether (sulfide) groups is 1. The van der Waals surface area contributed by atoms with Crippen LogP contribution in [0.4, 0.5) is 0 Å². The number of amides is 1. The Bertz CT molecular complexity index is 560. The molecule has 0 saturated heterocycles. The highest BCUT2D eigenvalue weighted by Gasteiger charge is 2.15. The van der Waals surface area contributed by atoms with Gasteiger partial charge in [-0.3, -0.25) is 4.79 Å². The molecular formula is C18H32NO3PS3. The lowest BCUT2D eigenvalue weighted by molar-refractivity contribution is 0.0773. The zero-order valence-corrected chi connectivity index (χ0v) is 20.0. The van der Waals surface area contributed by atoms with Crippen LogP contribution in [0.5, 0.6) is 0 Å². The molecule has 26 heavy (non-hydrogen) atoms. The first-order valence-corrected chi connectivity index (χ1v) is 14.0. The fourth-order valence-corrected chi connectivity index (χ4v) is 6.29. The van der Waals surface area contributed by atoms with Gasteiger partial charge in [0.15, 0.2) is 0 Å². The molecule has 0 heterocycles. The predicted octanol–water partition coefficient (Wildman–Crippen LogP) is 5.47. The van der Waals surface area contributed by atoms with Crippen LogP contribution in [0.25, 0.3) is 0 Å². The van der Waals surface area contributed by atoms with Crippen molar-refractivity contribution in [3.63, 3.8) is 0 Å². The van der Waals surface area contributed by atoms with E-state index in [2.05, 4.69) is 6.92 Å². The maximum Gasteiger partial charge on any atom is 0.253 e. The number of nitrogens with zero attached hydrogens (tertiary/aromatic N) is 1. The molecular weight excluding hydrogens is 405 g/mol. The molecule has 0 unspecified atom stereocenters. The van der Waals surface area contributed by atoms with Gasteiger partial charge < -0.3 is 13.9 Å². The Labute approximate surface area is 172 Å². The molecule has 4 nitrogen and oxygen atoms in total. The van der Waals surface area contributed by atoms with Gasteiger partial charge in [-0.25, -0.2) is 0 Å². The fourth-order valence-electron chi connectivity index (χ4n) is 2.00. The van der Waals surface area contributed by atoms with Crippen molar-refractivity contribution in [1.29, 1.82) is 0 Å². The SMILES string of the molecule is CCN(CC)C(=O)c1cccc(C)c1.CCSCCSP(=S)(OC)OC. The molecule has 0 aromatic heterocycles. The number of rotatable bonds is 10. The van der Waals surface area contributed by atoms with Crippen LogP contribution in [0, 0.1) is 6.92 Å². The molecule has 0 aliphatic carbocycles. The summed E-state index contributed by atoms with van der Waals surface area (Å²) in [6.07, 6.45) is 0. The summed E-state index contributed by atoms with van der Waals surface area (Å²) in [6, 6.07) is 7.72. The van der Waals surface area contributed by atoms with Crippen molar-refractivity contribution in [1.82, 2.24) is 4.90 Å². The molecule has 0 fully saturated rings. The van der Waals surface area contributed by atoms with Crippen LogP contribution in [-0.4, -0.2) is 55.4 Å². The molecule has 1 aromatic rings. The minimum Gasteiger partial charge on any atom is -0.339 e. The predicted molar refractivity (Wildman–Crippen MR) is 122 cm³/mol. The summed E-state index contributed by atoms with van der Waals surface area (Å²) in [5, 5.41) is 0. The standard InChI is InChI=1S/C12H17NO.C6H15O2PS3/c1-4-13(5-2)12(14)11-8-6-7-10(3)9-11;1-4-11-5-6-12-9(10,7-2)8-3/h6-9H,4-5H2,1-3H3;4-6H2,1-3H3. The molecule has 8 heteroatoms. The van der Waals surface area contributed by atoms with E-state index in [1.165, 1.54) is 0 Å². The normalized spacial score (nSPS) is 10.8. The van der Waals surface area contributed by atoms with Crippen LogP contribution in [-0.2, 0) is 20.9 Å². The van der Waals surface area contributed by atoms with Crippen molar-refractivity contribution in [2.75, 3.05) is 44.6 Å². The fraction of sp³-hybridized carbons (Fsp3) is 0.611. The second kappa shape index (κ2) is 14.9. The third-order valence-electron chi connectivity index (χ3n) is 3.44. The van der Waals surface area contributed by atoms with E-state index in [4.69, 9.17) is 20.9 Å². The average molecular weight is 438 g/mol. The van der Waals surface area contributed by atoms with Crippen LogP contribution in [0.3, 0.4) is 0 Å². The summed E-state index contributed by atoms with van der Waals surface area (Å²) in [5.41, 5.74) is -0.0710. The van der Waals surface area contributed by atoms with E-state index in [1.807, 2.05) is 61.7 Å². The van der Waals surface area contributed by atoms with Gasteiger partial charge in [0.2, 0.25) is 5.69 Å². The molecule has 0 atom stereocenters. The summed E-state index contributed by atoms with van der Waals surface area (Å²) in [5.74, 6) is 3.41. The lowest BCUT2D eigenvalue weighted by Crippen LogP contribution is -2.30. The van der Waals surface area contributed by atoms with Gasteiger partial charge in [-0.15, -0.1) is 0 Å². The first-order chi connectivity index (χ1) is 12.4. The number of carbonyl (C=O) groups is 1. The lowest BCUT2D eigenvalue weighted by Gasteiger charge is -2.18. The molecule has 1 aromatic carbocycles. The van der Waals surface area contributed by atoms with Crippen LogP contribution in [0.1, 0.15) is 36.7 Å². The molecule has 1 rings (SSSR count). The van der Waals surface area contributed by atoms with Crippen molar-refractivity contribution < 1.29 is 13.8 Å². The Morgan fingerprint density at radius 3 is 2.23 bits per heavy atom. The summed E-state index contributed by atoms with van der Waals surface area (Å²) in [4.78, 5) is 13.7. The average Bonchev–Trinajstić information content (AvgIpc) is 2.66. The largest absolute Gasteiger partial charge is 0.339 e. The highest BCUT2D eigenvalue weighted by Crippen LogP contribution is 2.59. The Hall–Kier alpha value is -0.0400. The molecule has 150 valence electrons. The van der Waals surface area contributed by atoms with Crippen LogP contribution >= 0.6 is 28.8 Å². The van der Waals surface area contributed by atoms with Gasteiger partial charge in [0.05, 0.1) is 0 Å². The maximum atomic E-state index is 11.9. The maximum absolute atomic E-state index is 11.9. The van der Waals surface area contributed by atoms with Crippen molar-refractivity contribution in [2.24, 2.45) is 0 Å². The zero-order valence-electron chi connectivity index (χ0n) is 16.7. The van der Waals surface area contributed by atoms with Gasteiger partial charge >= 0.3 is 0 Å². The summed E-state index contributed by atoms with van der Waals surface area (Å²) >= 11 is 8.71. The molecule has 0 aliphatic rings.